The molecule has 0 saturated carbocycles. The Morgan fingerprint density at radius 2 is 1.59 bits per heavy atom. The standard InChI is InChI=1S/C27H25NO4/c1-18-8-12-21(13-9-18)25(29)23-24(20-6-4-3-5-7-20)28(27(31)26(23)30)17-16-19-10-14-22(32-2)15-11-19/h3-15,24,29H,16-17H2,1-2H3/b25-23-. The van der Waals surface area contributed by atoms with Crippen LogP contribution in [0.2, 0.25) is 0 Å². The van der Waals surface area contributed by atoms with Gasteiger partial charge in [0.1, 0.15) is 11.5 Å². The van der Waals surface area contributed by atoms with E-state index in [4.69, 9.17) is 4.74 Å². The number of hydrogen-bond acceptors (Lipinski definition) is 4. The lowest BCUT2D eigenvalue weighted by Gasteiger charge is -2.25. The van der Waals surface area contributed by atoms with Gasteiger partial charge in [-0.3, -0.25) is 9.59 Å². The van der Waals surface area contributed by atoms with Crippen LogP contribution < -0.4 is 4.74 Å². The Morgan fingerprint density at radius 1 is 0.938 bits per heavy atom. The zero-order chi connectivity index (χ0) is 22.7. The first-order valence-corrected chi connectivity index (χ1v) is 10.5. The molecule has 0 aliphatic carbocycles. The largest absolute Gasteiger partial charge is 0.507 e. The summed E-state index contributed by atoms with van der Waals surface area (Å²) < 4.78 is 5.20. The summed E-state index contributed by atoms with van der Waals surface area (Å²) in [5.74, 6) is -0.645. The van der Waals surface area contributed by atoms with Crippen LogP contribution in [-0.2, 0) is 16.0 Å². The van der Waals surface area contributed by atoms with E-state index in [0.717, 1.165) is 22.4 Å². The van der Waals surface area contributed by atoms with Crippen molar-refractivity contribution in [1.82, 2.24) is 4.90 Å². The van der Waals surface area contributed by atoms with Crippen LogP contribution >= 0.6 is 0 Å². The summed E-state index contributed by atoms with van der Waals surface area (Å²) in [5.41, 5.74) is 3.50. The highest BCUT2D eigenvalue weighted by Gasteiger charge is 2.45. The lowest BCUT2D eigenvalue weighted by atomic mass is 9.95. The van der Waals surface area contributed by atoms with Gasteiger partial charge in [-0.25, -0.2) is 0 Å². The number of methoxy groups -OCH3 is 1. The van der Waals surface area contributed by atoms with Gasteiger partial charge in [0, 0.05) is 12.1 Å². The third-order valence-electron chi connectivity index (χ3n) is 5.78. The average Bonchev–Trinajstić information content (AvgIpc) is 3.08. The molecule has 1 amide bonds. The first-order valence-electron chi connectivity index (χ1n) is 10.5. The number of aryl methyl sites for hydroxylation is 1. The zero-order valence-electron chi connectivity index (χ0n) is 18.1. The molecule has 1 atom stereocenters. The van der Waals surface area contributed by atoms with E-state index in [-0.39, 0.29) is 11.3 Å². The molecular formula is C27H25NO4. The Kier molecular flexibility index (Phi) is 6.08. The number of amides is 1. The molecule has 162 valence electrons. The van der Waals surface area contributed by atoms with Crippen LogP contribution in [0.25, 0.3) is 5.76 Å². The Morgan fingerprint density at radius 3 is 2.22 bits per heavy atom. The number of carbonyl (C=O) groups is 2. The van der Waals surface area contributed by atoms with E-state index < -0.39 is 17.7 Å². The number of Topliss-reactive ketones (excluding diaryl/α,β-unsaturated/α-hetero) is 1. The average molecular weight is 428 g/mol. The van der Waals surface area contributed by atoms with Gasteiger partial charge >= 0.3 is 0 Å². The second-order valence-corrected chi connectivity index (χ2v) is 7.87. The number of rotatable bonds is 6. The van der Waals surface area contributed by atoms with Crippen LogP contribution in [-0.4, -0.2) is 35.4 Å². The highest BCUT2D eigenvalue weighted by molar-refractivity contribution is 6.46. The van der Waals surface area contributed by atoms with Crippen molar-refractivity contribution in [3.8, 4) is 5.75 Å². The van der Waals surface area contributed by atoms with E-state index in [1.807, 2.05) is 73.7 Å². The normalized spacial score (nSPS) is 17.6. The maximum absolute atomic E-state index is 13.1. The molecule has 3 aromatic rings. The number of ketones is 1. The number of ether oxygens (including phenoxy) is 1. The lowest BCUT2D eigenvalue weighted by Crippen LogP contribution is -2.31. The third kappa shape index (κ3) is 4.14. The van der Waals surface area contributed by atoms with Crippen molar-refractivity contribution in [2.75, 3.05) is 13.7 Å². The smallest absolute Gasteiger partial charge is 0.295 e. The predicted octanol–water partition coefficient (Wildman–Crippen LogP) is 4.67. The van der Waals surface area contributed by atoms with E-state index in [9.17, 15) is 14.7 Å². The SMILES string of the molecule is COc1ccc(CCN2C(=O)C(=O)/C(=C(\O)c3ccc(C)cc3)C2c2ccccc2)cc1. The summed E-state index contributed by atoms with van der Waals surface area (Å²) in [6.07, 6.45) is 0.574. The van der Waals surface area contributed by atoms with Crippen LogP contribution in [0.15, 0.2) is 84.4 Å². The second kappa shape index (κ2) is 9.10. The number of aliphatic hydroxyl groups excluding tert-OH is 1. The van der Waals surface area contributed by atoms with Crippen LogP contribution in [0.4, 0.5) is 0 Å². The maximum atomic E-state index is 13.1. The van der Waals surface area contributed by atoms with Gasteiger partial charge in [-0.05, 0) is 36.6 Å². The summed E-state index contributed by atoms with van der Waals surface area (Å²) in [6.45, 7) is 2.30. The highest BCUT2D eigenvalue weighted by Crippen LogP contribution is 2.39. The molecule has 1 fully saturated rings. The minimum Gasteiger partial charge on any atom is -0.507 e. The van der Waals surface area contributed by atoms with Crippen LogP contribution in [0, 0.1) is 6.92 Å². The summed E-state index contributed by atoms with van der Waals surface area (Å²) >= 11 is 0. The summed E-state index contributed by atoms with van der Waals surface area (Å²) in [5, 5.41) is 11.1. The van der Waals surface area contributed by atoms with Crippen LogP contribution in [0.5, 0.6) is 5.75 Å². The number of aliphatic hydroxyl groups is 1. The number of hydrogen-bond donors (Lipinski definition) is 1. The van der Waals surface area contributed by atoms with Gasteiger partial charge < -0.3 is 14.7 Å². The lowest BCUT2D eigenvalue weighted by molar-refractivity contribution is -0.139. The minimum absolute atomic E-state index is 0.125. The van der Waals surface area contributed by atoms with Gasteiger partial charge in [0.15, 0.2) is 0 Å². The van der Waals surface area contributed by atoms with Gasteiger partial charge in [-0.1, -0.05) is 72.3 Å². The molecule has 1 unspecified atom stereocenters. The molecule has 32 heavy (non-hydrogen) atoms. The van der Waals surface area contributed by atoms with E-state index in [2.05, 4.69) is 0 Å². The zero-order valence-corrected chi connectivity index (χ0v) is 18.1. The molecule has 1 aliphatic heterocycles. The van der Waals surface area contributed by atoms with E-state index in [1.54, 1.807) is 24.1 Å². The Balaban J connectivity index is 1.72. The van der Waals surface area contributed by atoms with E-state index in [1.165, 1.54) is 0 Å². The number of likely N-dealkylation sites (tertiary alicyclic amines) is 1. The first-order chi connectivity index (χ1) is 15.5. The molecule has 0 radical (unpaired) electrons. The number of carbonyl (C=O) groups excluding carboxylic acids is 2. The third-order valence-corrected chi connectivity index (χ3v) is 5.78. The summed E-state index contributed by atoms with van der Waals surface area (Å²) in [4.78, 5) is 27.6. The highest BCUT2D eigenvalue weighted by atomic mass is 16.5. The van der Waals surface area contributed by atoms with Crippen LogP contribution in [0.3, 0.4) is 0 Å². The van der Waals surface area contributed by atoms with E-state index >= 15 is 0 Å². The van der Waals surface area contributed by atoms with Crippen molar-refractivity contribution in [3.63, 3.8) is 0 Å². The molecule has 5 nitrogen and oxygen atoms in total. The number of nitrogens with zero attached hydrogens (tertiary/aromatic N) is 1. The molecule has 5 heteroatoms. The molecule has 1 aliphatic rings. The van der Waals surface area contributed by atoms with Crippen molar-refractivity contribution in [2.45, 2.75) is 19.4 Å². The van der Waals surface area contributed by atoms with Crippen molar-refractivity contribution in [2.24, 2.45) is 0 Å². The van der Waals surface area contributed by atoms with Gasteiger partial charge in [0.2, 0.25) is 0 Å². The molecule has 1 saturated heterocycles. The van der Waals surface area contributed by atoms with Crippen molar-refractivity contribution in [3.05, 3.63) is 107 Å². The molecule has 0 bridgehead atoms. The fourth-order valence-corrected chi connectivity index (χ4v) is 4.00. The maximum Gasteiger partial charge on any atom is 0.295 e. The van der Waals surface area contributed by atoms with Gasteiger partial charge in [-0.2, -0.15) is 0 Å². The van der Waals surface area contributed by atoms with Gasteiger partial charge in [0.05, 0.1) is 18.7 Å². The molecule has 3 aromatic carbocycles. The van der Waals surface area contributed by atoms with Gasteiger partial charge in [-0.15, -0.1) is 0 Å². The molecule has 1 heterocycles. The first kappa shape index (κ1) is 21.4. The number of benzene rings is 3. The summed E-state index contributed by atoms with van der Waals surface area (Å²) in [6, 6.07) is 23.6. The van der Waals surface area contributed by atoms with Gasteiger partial charge in [0.25, 0.3) is 11.7 Å². The quantitative estimate of drug-likeness (QED) is 0.353. The molecule has 0 aromatic heterocycles. The second-order valence-electron chi connectivity index (χ2n) is 7.87. The fourth-order valence-electron chi connectivity index (χ4n) is 4.00. The fraction of sp³-hybridized carbons (Fsp3) is 0.185. The molecule has 4 rings (SSSR count). The van der Waals surface area contributed by atoms with Crippen molar-refractivity contribution < 1.29 is 19.4 Å². The molecule has 0 spiro atoms. The van der Waals surface area contributed by atoms with E-state index in [0.29, 0.717) is 18.5 Å². The summed E-state index contributed by atoms with van der Waals surface area (Å²) in [7, 11) is 1.61. The van der Waals surface area contributed by atoms with Crippen molar-refractivity contribution in [1.29, 1.82) is 0 Å². The Bertz CT molecular complexity index is 1150. The molecular weight excluding hydrogens is 402 g/mol. The predicted molar refractivity (Wildman–Crippen MR) is 123 cm³/mol. The Labute approximate surface area is 187 Å². The Hall–Kier alpha value is -3.86. The topological polar surface area (TPSA) is 66.8 Å². The minimum atomic E-state index is -0.661. The monoisotopic (exact) mass is 427 g/mol. The van der Waals surface area contributed by atoms with Crippen LogP contribution in [0.1, 0.15) is 28.3 Å². The molecule has 1 N–H and O–H groups in total. The van der Waals surface area contributed by atoms with Crippen molar-refractivity contribution >= 4 is 17.4 Å².